The minimum Gasteiger partial charge on any atom is -0.391 e. The highest BCUT2D eigenvalue weighted by molar-refractivity contribution is 9.13. The lowest BCUT2D eigenvalue weighted by Crippen LogP contribution is -2.58. The molecule has 0 aromatic carbocycles. The zero-order valence-corrected chi connectivity index (χ0v) is 15.8. The lowest BCUT2D eigenvalue weighted by molar-refractivity contribution is 0.0905. The molecular weight excluding hydrogens is 424 g/mol. The van der Waals surface area contributed by atoms with Gasteiger partial charge in [-0.15, -0.1) is 11.3 Å². The molecule has 20 heavy (non-hydrogen) atoms. The molecule has 0 atom stereocenters. The molecule has 3 N–H and O–H groups in total. The molecule has 0 unspecified atom stereocenters. The standard InChI is InChI=1S/C13H16Br2N2OS2/c1-7-2-4-13(5-3-7,12(16)19)17-11(18)9-6-8(14)10(15)20-9/h6-7H,2-5H2,1H3,(H2,16,19)(H,17,18). The molecule has 3 nitrogen and oxygen atoms in total. The molecule has 1 saturated carbocycles. The Morgan fingerprint density at radius 2 is 2.10 bits per heavy atom. The van der Waals surface area contributed by atoms with E-state index in [-0.39, 0.29) is 5.91 Å². The number of carbonyl (C=O) groups excluding carboxylic acids is 1. The molecule has 0 bridgehead atoms. The van der Waals surface area contributed by atoms with Gasteiger partial charge in [0, 0.05) is 4.47 Å². The largest absolute Gasteiger partial charge is 0.391 e. The first kappa shape index (κ1) is 16.4. The quantitative estimate of drug-likeness (QED) is 0.692. The van der Waals surface area contributed by atoms with Gasteiger partial charge in [0.15, 0.2) is 0 Å². The fourth-order valence-electron chi connectivity index (χ4n) is 2.43. The van der Waals surface area contributed by atoms with Crippen molar-refractivity contribution in [1.82, 2.24) is 5.32 Å². The van der Waals surface area contributed by atoms with Crippen LogP contribution in [0.3, 0.4) is 0 Å². The molecule has 1 fully saturated rings. The third-order valence-corrected chi connectivity index (χ3v) is 7.47. The minimum absolute atomic E-state index is 0.108. The van der Waals surface area contributed by atoms with E-state index in [2.05, 4.69) is 44.1 Å². The van der Waals surface area contributed by atoms with Gasteiger partial charge in [0.05, 0.1) is 19.2 Å². The summed E-state index contributed by atoms with van der Waals surface area (Å²) in [4.78, 5) is 13.5. The third kappa shape index (κ3) is 3.43. The number of carbonyl (C=O) groups is 1. The van der Waals surface area contributed by atoms with Crippen LogP contribution in [0.25, 0.3) is 0 Å². The number of amides is 1. The molecule has 2 rings (SSSR count). The molecule has 0 spiro atoms. The zero-order valence-electron chi connectivity index (χ0n) is 11.0. The van der Waals surface area contributed by atoms with Crippen LogP contribution in [0.4, 0.5) is 0 Å². The lowest BCUT2D eigenvalue weighted by atomic mass is 9.77. The molecule has 1 aromatic heterocycles. The highest BCUT2D eigenvalue weighted by Gasteiger charge is 2.38. The highest BCUT2D eigenvalue weighted by Crippen LogP contribution is 2.35. The van der Waals surface area contributed by atoms with Gasteiger partial charge in [-0.25, -0.2) is 0 Å². The Kier molecular flexibility index (Phi) is 5.26. The second-order valence-corrected chi connectivity index (χ2v) is 8.98. The summed E-state index contributed by atoms with van der Waals surface area (Å²) in [6, 6.07) is 1.81. The van der Waals surface area contributed by atoms with Crippen molar-refractivity contribution in [2.24, 2.45) is 11.7 Å². The van der Waals surface area contributed by atoms with Crippen molar-refractivity contribution in [2.75, 3.05) is 0 Å². The summed E-state index contributed by atoms with van der Waals surface area (Å²) < 4.78 is 1.79. The van der Waals surface area contributed by atoms with Gasteiger partial charge in [-0.1, -0.05) is 19.1 Å². The van der Waals surface area contributed by atoms with Gasteiger partial charge in [0.1, 0.15) is 0 Å². The van der Waals surface area contributed by atoms with Crippen molar-refractivity contribution in [1.29, 1.82) is 0 Å². The molecule has 0 aliphatic heterocycles. The normalized spacial score (nSPS) is 26.2. The van der Waals surface area contributed by atoms with Crippen molar-refractivity contribution in [3.63, 3.8) is 0 Å². The molecule has 1 aromatic rings. The molecule has 0 saturated heterocycles. The van der Waals surface area contributed by atoms with Crippen molar-refractivity contribution in [3.05, 3.63) is 19.2 Å². The van der Waals surface area contributed by atoms with Crippen molar-refractivity contribution < 1.29 is 4.79 Å². The van der Waals surface area contributed by atoms with Gasteiger partial charge in [-0.3, -0.25) is 4.79 Å². The molecular formula is C13H16Br2N2OS2. The van der Waals surface area contributed by atoms with Crippen LogP contribution in [0.5, 0.6) is 0 Å². The minimum atomic E-state index is -0.526. The van der Waals surface area contributed by atoms with Crippen molar-refractivity contribution in [2.45, 2.75) is 38.1 Å². The maximum absolute atomic E-state index is 12.4. The van der Waals surface area contributed by atoms with E-state index < -0.39 is 5.54 Å². The van der Waals surface area contributed by atoms with Crippen LogP contribution in [0.2, 0.25) is 0 Å². The Hall–Kier alpha value is 0.0200. The molecule has 1 heterocycles. The fourth-order valence-corrected chi connectivity index (χ4v) is 4.61. The van der Waals surface area contributed by atoms with E-state index in [1.165, 1.54) is 11.3 Å². The summed E-state index contributed by atoms with van der Waals surface area (Å²) >= 11 is 13.4. The van der Waals surface area contributed by atoms with E-state index in [0.29, 0.717) is 15.8 Å². The van der Waals surface area contributed by atoms with E-state index >= 15 is 0 Å². The predicted molar refractivity (Wildman–Crippen MR) is 94.3 cm³/mol. The molecule has 0 radical (unpaired) electrons. The second kappa shape index (κ2) is 6.42. The first-order valence-electron chi connectivity index (χ1n) is 6.41. The average molecular weight is 440 g/mol. The first-order chi connectivity index (χ1) is 9.34. The van der Waals surface area contributed by atoms with Crippen LogP contribution in [0.15, 0.2) is 14.3 Å². The SMILES string of the molecule is CC1CCC(NC(=O)c2cc(Br)c(Br)s2)(C(N)=S)CC1. The fraction of sp³-hybridized carbons (Fsp3) is 0.538. The average Bonchev–Trinajstić information content (AvgIpc) is 2.72. The topological polar surface area (TPSA) is 55.1 Å². The van der Waals surface area contributed by atoms with Crippen molar-refractivity contribution >= 4 is 66.3 Å². The predicted octanol–water partition coefficient (Wildman–Crippen LogP) is 4.24. The molecule has 1 aliphatic rings. The Labute approximate surface area is 144 Å². The molecule has 1 aliphatic carbocycles. The maximum Gasteiger partial charge on any atom is 0.262 e. The van der Waals surface area contributed by atoms with Gasteiger partial charge in [-0.2, -0.15) is 0 Å². The molecule has 110 valence electrons. The third-order valence-electron chi connectivity index (χ3n) is 3.82. The summed E-state index contributed by atoms with van der Waals surface area (Å²) in [6.07, 6.45) is 3.72. The number of nitrogens with one attached hydrogen (secondary N) is 1. The summed E-state index contributed by atoms with van der Waals surface area (Å²) in [5, 5.41) is 3.07. The van der Waals surface area contributed by atoms with E-state index in [1.807, 2.05) is 6.07 Å². The Balaban J connectivity index is 2.16. The van der Waals surface area contributed by atoms with Crippen LogP contribution >= 0.6 is 55.4 Å². The number of hydrogen-bond acceptors (Lipinski definition) is 3. The first-order valence-corrected chi connectivity index (χ1v) is 9.22. The number of thiophene rings is 1. The van der Waals surface area contributed by atoms with Crippen LogP contribution in [-0.4, -0.2) is 16.4 Å². The number of hydrogen-bond donors (Lipinski definition) is 2. The van der Waals surface area contributed by atoms with E-state index in [0.717, 1.165) is 33.9 Å². The number of rotatable bonds is 3. The molecule has 1 amide bonds. The van der Waals surface area contributed by atoms with Crippen LogP contribution in [0.1, 0.15) is 42.3 Å². The van der Waals surface area contributed by atoms with Gasteiger partial charge in [-0.05, 0) is 69.5 Å². The smallest absolute Gasteiger partial charge is 0.262 e. The van der Waals surface area contributed by atoms with Crippen LogP contribution < -0.4 is 11.1 Å². The van der Waals surface area contributed by atoms with E-state index in [1.54, 1.807) is 0 Å². The van der Waals surface area contributed by atoms with Crippen LogP contribution in [0, 0.1) is 5.92 Å². The van der Waals surface area contributed by atoms with E-state index in [4.69, 9.17) is 18.0 Å². The Morgan fingerprint density at radius 1 is 1.50 bits per heavy atom. The Bertz CT molecular complexity index is 517. The molecule has 7 heteroatoms. The second-order valence-electron chi connectivity index (χ2n) is 5.32. The lowest BCUT2D eigenvalue weighted by Gasteiger charge is -2.39. The maximum atomic E-state index is 12.4. The summed E-state index contributed by atoms with van der Waals surface area (Å²) in [5.74, 6) is 0.558. The van der Waals surface area contributed by atoms with Gasteiger partial charge in [0.2, 0.25) is 0 Å². The Morgan fingerprint density at radius 3 is 2.55 bits per heavy atom. The number of halogens is 2. The number of thiocarbonyl (C=S) groups is 1. The van der Waals surface area contributed by atoms with Crippen molar-refractivity contribution in [3.8, 4) is 0 Å². The monoisotopic (exact) mass is 438 g/mol. The van der Waals surface area contributed by atoms with Gasteiger partial charge in [0.25, 0.3) is 5.91 Å². The summed E-state index contributed by atoms with van der Waals surface area (Å²) in [7, 11) is 0. The summed E-state index contributed by atoms with van der Waals surface area (Å²) in [5.41, 5.74) is 5.38. The summed E-state index contributed by atoms with van der Waals surface area (Å²) in [6.45, 7) is 2.22. The van der Waals surface area contributed by atoms with Crippen LogP contribution in [-0.2, 0) is 0 Å². The number of nitrogens with two attached hydrogens (primary N) is 1. The van der Waals surface area contributed by atoms with E-state index in [9.17, 15) is 4.79 Å². The van der Waals surface area contributed by atoms with Gasteiger partial charge >= 0.3 is 0 Å². The zero-order chi connectivity index (χ0) is 14.9. The highest BCUT2D eigenvalue weighted by atomic mass is 79.9. The van der Waals surface area contributed by atoms with Gasteiger partial charge < -0.3 is 11.1 Å².